The van der Waals surface area contributed by atoms with Gasteiger partial charge in [-0.25, -0.2) is 0 Å². The van der Waals surface area contributed by atoms with Crippen LogP contribution in [0, 0.1) is 17.3 Å². The Morgan fingerprint density at radius 3 is 2.60 bits per heavy atom. The van der Waals surface area contributed by atoms with E-state index >= 15 is 0 Å². The zero-order valence-corrected chi connectivity index (χ0v) is 15.4. The highest BCUT2D eigenvalue weighted by atomic mass is 16.2. The van der Waals surface area contributed by atoms with Gasteiger partial charge in [0.1, 0.15) is 5.92 Å². The quantitative estimate of drug-likeness (QED) is 0.835. The Morgan fingerprint density at radius 2 is 2.00 bits per heavy atom. The van der Waals surface area contributed by atoms with Gasteiger partial charge in [-0.15, -0.1) is 0 Å². The average molecular weight is 344 g/mol. The number of amides is 2. The van der Waals surface area contributed by atoms with E-state index in [1.54, 1.807) is 6.20 Å². The summed E-state index contributed by atoms with van der Waals surface area (Å²) in [5.74, 6) is -0.593. The maximum Gasteiger partial charge on any atom is 0.235 e. The number of nitrogens with zero attached hydrogens (tertiary/aromatic N) is 3. The van der Waals surface area contributed by atoms with Crippen LogP contribution in [0.2, 0.25) is 0 Å². The van der Waals surface area contributed by atoms with Crippen LogP contribution in [0.5, 0.6) is 0 Å². The van der Waals surface area contributed by atoms with Gasteiger partial charge in [-0.1, -0.05) is 26.8 Å². The maximum absolute atomic E-state index is 13.0. The van der Waals surface area contributed by atoms with Crippen LogP contribution in [-0.2, 0) is 16.1 Å². The number of pyridine rings is 1. The summed E-state index contributed by atoms with van der Waals surface area (Å²) >= 11 is 0. The van der Waals surface area contributed by atoms with Crippen LogP contribution in [0.1, 0.15) is 26.3 Å². The van der Waals surface area contributed by atoms with E-state index in [1.807, 2.05) is 17.2 Å². The van der Waals surface area contributed by atoms with Crippen molar-refractivity contribution >= 4 is 11.8 Å². The summed E-state index contributed by atoms with van der Waals surface area (Å²) in [6.07, 6.45) is 3.66. The van der Waals surface area contributed by atoms with Crippen molar-refractivity contribution in [2.24, 2.45) is 17.3 Å². The molecule has 6 nitrogen and oxygen atoms in total. The summed E-state index contributed by atoms with van der Waals surface area (Å²) in [7, 11) is 0. The van der Waals surface area contributed by atoms with Gasteiger partial charge in [0, 0.05) is 57.6 Å². The van der Waals surface area contributed by atoms with Gasteiger partial charge in [0.05, 0.1) is 0 Å². The monoisotopic (exact) mass is 344 g/mol. The fourth-order valence-corrected chi connectivity index (χ4v) is 3.78. The number of rotatable bonds is 3. The van der Waals surface area contributed by atoms with Crippen LogP contribution < -0.4 is 5.32 Å². The summed E-state index contributed by atoms with van der Waals surface area (Å²) in [6, 6.07) is 4.02. The maximum atomic E-state index is 13.0. The molecule has 6 heteroatoms. The predicted octanol–water partition coefficient (Wildman–Crippen LogP) is 1.13. The lowest BCUT2D eigenvalue weighted by Crippen LogP contribution is -2.52. The van der Waals surface area contributed by atoms with Gasteiger partial charge >= 0.3 is 0 Å². The van der Waals surface area contributed by atoms with Gasteiger partial charge in [0.25, 0.3) is 0 Å². The second-order valence-corrected chi connectivity index (χ2v) is 8.16. The lowest BCUT2D eigenvalue weighted by molar-refractivity contribution is -0.144. The molecule has 25 heavy (non-hydrogen) atoms. The van der Waals surface area contributed by atoms with E-state index in [2.05, 4.69) is 42.0 Å². The molecule has 0 aromatic carbocycles. The Kier molecular flexibility index (Phi) is 5.08. The van der Waals surface area contributed by atoms with E-state index in [0.717, 1.165) is 19.6 Å². The van der Waals surface area contributed by atoms with E-state index in [1.165, 1.54) is 5.56 Å². The molecule has 2 amide bonds. The first-order chi connectivity index (χ1) is 11.9. The van der Waals surface area contributed by atoms with E-state index in [0.29, 0.717) is 19.6 Å². The van der Waals surface area contributed by atoms with Gasteiger partial charge < -0.3 is 10.2 Å². The first-order valence-electron chi connectivity index (χ1n) is 9.04. The van der Waals surface area contributed by atoms with Crippen molar-refractivity contribution < 1.29 is 9.59 Å². The van der Waals surface area contributed by atoms with Crippen LogP contribution in [0.3, 0.4) is 0 Å². The molecule has 3 rings (SSSR count). The highest BCUT2D eigenvalue weighted by Crippen LogP contribution is 2.36. The molecule has 0 spiro atoms. The standard InChI is InChI=1S/C19H28N4O2/c1-19(2,3)15-12-21-17(24)16(15)18(25)23-9-7-22(8-10-23)13-14-5-4-6-20-11-14/h4-6,11,15-16H,7-10,12-13H2,1-3H3,(H,21,24). The second kappa shape index (κ2) is 7.12. The molecule has 2 aliphatic heterocycles. The van der Waals surface area contributed by atoms with Crippen LogP contribution >= 0.6 is 0 Å². The number of hydrogen-bond donors (Lipinski definition) is 1. The fourth-order valence-electron chi connectivity index (χ4n) is 3.78. The lowest BCUT2D eigenvalue weighted by Gasteiger charge is -2.37. The number of carbonyl (C=O) groups is 2. The first-order valence-corrected chi connectivity index (χ1v) is 9.04. The Balaban J connectivity index is 1.58. The van der Waals surface area contributed by atoms with Crippen LogP contribution in [0.25, 0.3) is 0 Å². The molecule has 2 unspecified atom stereocenters. The molecular formula is C19H28N4O2. The van der Waals surface area contributed by atoms with Gasteiger partial charge in [-0.2, -0.15) is 0 Å². The predicted molar refractivity (Wildman–Crippen MR) is 95.5 cm³/mol. The molecule has 2 saturated heterocycles. The summed E-state index contributed by atoms with van der Waals surface area (Å²) < 4.78 is 0. The van der Waals surface area contributed by atoms with Gasteiger partial charge in [0.2, 0.25) is 11.8 Å². The third-order valence-electron chi connectivity index (χ3n) is 5.37. The zero-order valence-electron chi connectivity index (χ0n) is 15.4. The van der Waals surface area contributed by atoms with Crippen LogP contribution in [0.15, 0.2) is 24.5 Å². The molecule has 1 N–H and O–H groups in total. The van der Waals surface area contributed by atoms with Crippen molar-refractivity contribution in [3.63, 3.8) is 0 Å². The number of piperazine rings is 1. The fraction of sp³-hybridized carbons (Fsp3) is 0.632. The molecular weight excluding hydrogens is 316 g/mol. The zero-order chi connectivity index (χ0) is 18.0. The molecule has 1 aromatic rings. The molecule has 0 radical (unpaired) electrons. The van der Waals surface area contributed by atoms with E-state index < -0.39 is 5.92 Å². The van der Waals surface area contributed by atoms with Crippen LogP contribution in [0.4, 0.5) is 0 Å². The molecule has 0 saturated carbocycles. The van der Waals surface area contributed by atoms with Crippen molar-refractivity contribution in [1.82, 2.24) is 20.1 Å². The second-order valence-electron chi connectivity index (χ2n) is 8.16. The smallest absolute Gasteiger partial charge is 0.235 e. The van der Waals surface area contributed by atoms with E-state index in [-0.39, 0.29) is 23.1 Å². The topological polar surface area (TPSA) is 65.5 Å². The van der Waals surface area contributed by atoms with Crippen molar-refractivity contribution in [2.45, 2.75) is 27.3 Å². The van der Waals surface area contributed by atoms with Crippen LogP contribution in [-0.4, -0.2) is 59.3 Å². The molecule has 2 aliphatic rings. The molecule has 2 atom stereocenters. The molecule has 0 aliphatic carbocycles. The third kappa shape index (κ3) is 4.00. The molecule has 0 bridgehead atoms. The molecule has 136 valence electrons. The Labute approximate surface area is 149 Å². The SMILES string of the molecule is CC(C)(C)C1CNC(=O)C1C(=O)N1CCN(Cc2cccnc2)CC1. The summed E-state index contributed by atoms with van der Waals surface area (Å²) in [5, 5.41) is 2.88. The Morgan fingerprint density at radius 1 is 1.28 bits per heavy atom. The molecule has 3 heterocycles. The minimum absolute atomic E-state index is 0.00375. The van der Waals surface area contributed by atoms with Gasteiger partial charge in [0.15, 0.2) is 0 Å². The Hall–Kier alpha value is -1.95. The van der Waals surface area contributed by atoms with Crippen molar-refractivity contribution in [2.75, 3.05) is 32.7 Å². The third-order valence-corrected chi connectivity index (χ3v) is 5.37. The van der Waals surface area contributed by atoms with E-state index in [9.17, 15) is 9.59 Å². The number of carbonyl (C=O) groups excluding carboxylic acids is 2. The largest absolute Gasteiger partial charge is 0.355 e. The van der Waals surface area contributed by atoms with Gasteiger partial charge in [-0.05, 0) is 17.0 Å². The number of hydrogen-bond acceptors (Lipinski definition) is 4. The Bertz CT molecular complexity index is 618. The normalized spacial score (nSPS) is 25.1. The van der Waals surface area contributed by atoms with Crippen molar-refractivity contribution in [3.8, 4) is 0 Å². The highest BCUT2D eigenvalue weighted by Gasteiger charge is 2.47. The highest BCUT2D eigenvalue weighted by molar-refractivity contribution is 6.02. The summed E-state index contributed by atoms with van der Waals surface area (Å²) in [6.45, 7) is 10.8. The summed E-state index contributed by atoms with van der Waals surface area (Å²) in [5.41, 5.74) is 1.12. The first kappa shape index (κ1) is 17.9. The lowest BCUT2D eigenvalue weighted by atomic mass is 9.74. The van der Waals surface area contributed by atoms with E-state index in [4.69, 9.17) is 0 Å². The molecule has 1 aromatic heterocycles. The minimum Gasteiger partial charge on any atom is -0.355 e. The summed E-state index contributed by atoms with van der Waals surface area (Å²) in [4.78, 5) is 33.6. The number of nitrogens with one attached hydrogen (secondary N) is 1. The van der Waals surface area contributed by atoms with Crippen molar-refractivity contribution in [1.29, 1.82) is 0 Å². The molecule has 2 fully saturated rings. The minimum atomic E-state index is -0.537. The average Bonchev–Trinajstić information content (AvgIpc) is 2.98. The van der Waals surface area contributed by atoms with Gasteiger partial charge in [-0.3, -0.25) is 19.5 Å². The number of aromatic nitrogens is 1. The van der Waals surface area contributed by atoms with Crippen molar-refractivity contribution in [3.05, 3.63) is 30.1 Å².